The number of piperidine rings is 1. The molecule has 10 heteroatoms. The van der Waals surface area contributed by atoms with E-state index in [1.165, 1.54) is 17.9 Å². The Morgan fingerprint density at radius 3 is 2.58 bits per heavy atom. The highest BCUT2D eigenvalue weighted by Crippen LogP contribution is 2.45. The van der Waals surface area contributed by atoms with Crippen molar-refractivity contribution in [3.63, 3.8) is 0 Å². The summed E-state index contributed by atoms with van der Waals surface area (Å²) in [5.41, 5.74) is -0.629. The van der Waals surface area contributed by atoms with E-state index in [9.17, 15) is 18.4 Å². The van der Waals surface area contributed by atoms with Gasteiger partial charge < -0.3 is 15.0 Å². The van der Waals surface area contributed by atoms with E-state index in [0.29, 0.717) is 18.8 Å². The van der Waals surface area contributed by atoms with Gasteiger partial charge in [0.05, 0.1) is 5.56 Å². The molecule has 1 aliphatic carbocycles. The maximum Gasteiger partial charge on any atom is 0.282 e. The van der Waals surface area contributed by atoms with Gasteiger partial charge in [-0.25, -0.2) is 8.78 Å². The van der Waals surface area contributed by atoms with Crippen LogP contribution in [0.3, 0.4) is 0 Å². The molecule has 0 spiro atoms. The van der Waals surface area contributed by atoms with Gasteiger partial charge in [-0.3, -0.25) is 14.3 Å². The van der Waals surface area contributed by atoms with Crippen molar-refractivity contribution in [2.45, 2.75) is 12.5 Å². The molecule has 1 unspecified atom stereocenters. The van der Waals surface area contributed by atoms with Crippen LogP contribution in [-0.4, -0.2) is 52.2 Å². The van der Waals surface area contributed by atoms with Gasteiger partial charge in [-0.05, 0) is 17.5 Å². The lowest BCUT2D eigenvalue weighted by Gasteiger charge is -2.21. The van der Waals surface area contributed by atoms with Gasteiger partial charge >= 0.3 is 0 Å². The first-order chi connectivity index (χ1) is 15.8. The van der Waals surface area contributed by atoms with Gasteiger partial charge in [0.25, 0.3) is 18.2 Å². The zero-order valence-electron chi connectivity index (χ0n) is 17.7. The number of carbonyl (C=O) groups is 2. The Morgan fingerprint density at radius 2 is 1.88 bits per heavy atom. The summed E-state index contributed by atoms with van der Waals surface area (Å²) in [5, 5.41) is 8.42. The molecule has 5 rings (SSSR count). The summed E-state index contributed by atoms with van der Waals surface area (Å²) in [4.78, 5) is 26.9. The summed E-state index contributed by atoms with van der Waals surface area (Å²) in [7, 11) is 1.50. The van der Waals surface area contributed by atoms with Crippen LogP contribution in [0.25, 0.3) is 10.8 Å². The van der Waals surface area contributed by atoms with E-state index in [1.54, 1.807) is 4.90 Å². The maximum absolute atomic E-state index is 13.1. The predicted octanol–water partition coefficient (Wildman–Crippen LogP) is 3.54. The molecule has 2 aliphatic rings. The van der Waals surface area contributed by atoms with Crippen molar-refractivity contribution in [2.24, 2.45) is 18.9 Å². The maximum atomic E-state index is 13.1. The number of alkyl halides is 2. The largest absolute Gasteiger partial charge is 0.483 e. The normalized spacial score (nSPS) is 21.4. The fourth-order valence-corrected chi connectivity index (χ4v) is 5.08. The summed E-state index contributed by atoms with van der Waals surface area (Å²) in [6, 6.07) is 11.4. The Balaban J connectivity index is 1.15. The van der Waals surface area contributed by atoms with Crippen LogP contribution in [0.2, 0.25) is 0 Å². The molecule has 0 radical (unpaired) electrons. The highest BCUT2D eigenvalue weighted by Gasteiger charge is 2.57. The fraction of sp³-hybridized carbons (Fsp3) is 0.348. The monoisotopic (exact) mass is 518 g/mol. The summed E-state index contributed by atoms with van der Waals surface area (Å²) >= 11 is 3.52. The number of rotatable bonds is 6. The standard InChI is InChI=1S/C23H21BrF2N4O3/c1-29-8-16(21(28-29)22(25)26)23(32)27-20-14-9-30(10-15(14)20)19(31)11-33-18-7-6-17(24)12-4-2-3-5-13(12)18/h2-8,14-15,20,22H,9-11H2,1H3,(H,27,32)/t14-,15+,20?. The van der Waals surface area contributed by atoms with Gasteiger partial charge in [0, 0.05) is 54.1 Å². The number of ether oxygens (including phenoxy) is 1. The van der Waals surface area contributed by atoms with Crippen molar-refractivity contribution in [1.82, 2.24) is 20.0 Å². The van der Waals surface area contributed by atoms with Crippen LogP contribution in [0, 0.1) is 11.8 Å². The SMILES string of the molecule is Cn1cc(C(=O)NC2[C@H]3CN(C(=O)COc4ccc(Br)c5ccccc45)C[C@@H]23)c(C(F)F)n1. The lowest BCUT2D eigenvalue weighted by molar-refractivity contribution is -0.132. The number of fused-ring (bicyclic) bond motifs is 2. The topological polar surface area (TPSA) is 76.5 Å². The smallest absolute Gasteiger partial charge is 0.282 e. The van der Waals surface area contributed by atoms with Crippen molar-refractivity contribution in [2.75, 3.05) is 19.7 Å². The lowest BCUT2D eigenvalue weighted by atomic mass is 10.1. The van der Waals surface area contributed by atoms with Crippen LogP contribution in [0.15, 0.2) is 47.1 Å². The Kier molecular flexibility index (Phi) is 5.55. The van der Waals surface area contributed by atoms with Crippen LogP contribution >= 0.6 is 15.9 Å². The molecule has 2 heterocycles. The van der Waals surface area contributed by atoms with Gasteiger partial charge in [0.15, 0.2) is 6.61 Å². The van der Waals surface area contributed by atoms with Crippen LogP contribution < -0.4 is 10.1 Å². The summed E-state index contributed by atoms with van der Waals surface area (Å²) in [6.07, 6.45) is -1.52. The minimum atomic E-state index is -2.82. The van der Waals surface area contributed by atoms with Crippen LogP contribution in [0.4, 0.5) is 8.78 Å². The molecular formula is C23H21BrF2N4O3. The van der Waals surface area contributed by atoms with E-state index in [4.69, 9.17) is 4.74 Å². The quantitative estimate of drug-likeness (QED) is 0.541. The van der Waals surface area contributed by atoms with Gasteiger partial charge in [0.2, 0.25) is 0 Å². The van der Waals surface area contributed by atoms with Crippen molar-refractivity contribution in [3.05, 3.63) is 58.3 Å². The minimum Gasteiger partial charge on any atom is -0.483 e. The number of aromatic nitrogens is 2. The van der Waals surface area contributed by atoms with Gasteiger partial charge in [-0.1, -0.05) is 40.2 Å². The number of likely N-dealkylation sites (tertiary alicyclic amines) is 1. The number of halogens is 3. The van der Waals surface area contributed by atoms with E-state index in [-0.39, 0.29) is 36.0 Å². The highest BCUT2D eigenvalue weighted by molar-refractivity contribution is 9.10. The van der Waals surface area contributed by atoms with Crippen LogP contribution in [0.5, 0.6) is 5.75 Å². The number of amides is 2. The molecule has 1 saturated heterocycles. The molecule has 3 aromatic rings. The van der Waals surface area contributed by atoms with E-state index < -0.39 is 18.0 Å². The first-order valence-electron chi connectivity index (χ1n) is 10.5. The zero-order valence-corrected chi connectivity index (χ0v) is 19.3. The van der Waals surface area contributed by atoms with Crippen molar-refractivity contribution in [3.8, 4) is 5.75 Å². The molecule has 1 aliphatic heterocycles. The lowest BCUT2D eigenvalue weighted by Crippen LogP contribution is -2.39. The third-order valence-electron chi connectivity index (χ3n) is 6.34. The molecule has 7 nitrogen and oxygen atoms in total. The Labute approximate surface area is 196 Å². The molecule has 1 N–H and O–H groups in total. The van der Waals surface area contributed by atoms with Gasteiger partial charge in [-0.15, -0.1) is 0 Å². The van der Waals surface area contributed by atoms with E-state index in [2.05, 4.69) is 26.3 Å². The zero-order chi connectivity index (χ0) is 23.3. The highest BCUT2D eigenvalue weighted by atomic mass is 79.9. The second kappa shape index (κ2) is 8.40. The van der Waals surface area contributed by atoms with Gasteiger partial charge in [-0.2, -0.15) is 5.10 Å². The molecule has 2 amide bonds. The number of hydrogen-bond donors (Lipinski definition) is 1. The number of aryl methyl sites for hydroxylation is 1. The third-order valence-corrected chi connectivity index (χ3v) is 7.03. The number of nitrogens with zero attached hydrogens (tertiary/aromatic N) is 3. The van der Waals surface area contributed by atoms with E-state index in [0.717, 1.165) is 15.2 Å². The molecule has 2 fully saturated rings. The molecule has 1 saturated carbocycles. The Hall–Kier alpha value is -3.01. The van der Waals surface area contributed by atoms with Gasteiger partial charge in [0.1, 0.15) is 11.4 Å². The first kappa shape index (κ1) is 21.8. The second-order valence-corrected chi connectivity index (χ2v) is 9.26. The molecule has 0 bridgehead atoms. The number of benzene rings is 2. The summed E-state index contributed by atoms with van der Waals surface area (Å²) < 4.78 is 34.2. The molecular weight excluding hydrogens is 498 g/mol. The Bertz CT molecular complexity index is 1240. The van der Waals surface area contributed by atoms with Crippen molar-refractivity contribution >= 4 is 38.5 Å². The average Bonchev–Trinajstić information content (AvgIpc) is 3.14. The third kappa shape index (κ3) is 4.07. The van der Waals surface area contributed by atoms with Crippen LogP contribution in [0.1, 0.15) is 22.5 Å². The van der Waals surface area contributed by atoms with Crippen LogP contribution in [-0.2, 0) is 11.8 Å². The van der Waals surface area contributed by atoms with E-state index in [1.807, 2.05) is 36.4 Å². The minimum absolute atomic E-state index is 0.0739. The molecule has 2 aromatic carbocycles. The predicted molar refractivity (Wildman–Crippen MR) is 120 cm³/mol. The number of carbonyl (C=O) groups excluding carboxylic acids is 2. The average molecular weight is 519 g/mol. The second-order valence-electron chi connectivity index (χ2n) is 8.41. The summed E-state index contributed by atoms with van der Waals surface area (Å²) in [5.74, 6) is 0.215. The molecule has 172 valence electrons. The Morgan fingerprint density at radius 1 is 1.18 bits per heavy atom. The van der Waals surface area contributed by atoms with Crippen molar-refractivity contribution in [1.29, 1.82) is 0 Å². The molecule has 33 heavy (non-hydrogen) atoms. The van der Waals surface area contributed by atoms with E-state index >= 15 is 0 Å². The molecule has 3 atom stereocenters. The fourth-order valence-electron chi connectivity index (χ4n) is 4.61. The van der Waals surface area contributed by atoms with Crippen molar-refractivity contribution < 1.29 is 23.1 Å². The molecule has 1 aromatic heterocycles. The number of nitrogens with one attached hydrogen (secondary N) is 1. The number of hydrogen-bond acceptors (Lipinski definition) is 4. The first-order valence-corrected chi connectivity index (χ1v) is 11.3. The summed E-state index contributed by atoms with van der Waals surface area (Å²) in [6.45, 7) is 0.941.